The van der Waals surface area contributed by atoms with Crippen LogP contribution in [-0.4, -0.2) is 31.7 Å². The van der Waals surface area contributed by atoms with Crippen molar-refractivity contribution < 1.29 is 8.42 Å². The van der Waals surface area contributed by atoms with Gasteiger partial charge in [0, 0.05) is 11.8 Å². The average molecular weight is 340 g/mol. The maximum atomic E-state index is 12.4. The second kappa shape index (κ2) is 6.93. The molecule has 2 aliphatic carbocycles. The summed E-state index contributed by atoms with van der Waals surface area (Å²) in [6, 6.07) is 8.74. The van der Waals surface area contributed by atoms with Crippen LogP contribution in [0.2, 0.25) is 0 Å². The van der Waals surface area contributed by atoms with Crippen LogP contribution in [0.5, 0.6) is 0 Å². The quantitative estimate of drug-likeness (QED) is 0.811. The molecule has 3 nitrogen and oxygen atoms in total. The van der Waals surface area contributed by atoms with Crippen LogP contribution in [0.25, 0.3) is 0 Å². The second-order valence-electron chi connectivity index (χ2n) is 6.43. The van der Waals surface area contributed by atoms with E-state index in [4.69, 9.17) is 0 Å². The summed E-state index contributed by atoms with van der Waals surface area (Å²) in [5.74, 6) is 2.83. The van der Waals surface area contributed by atoms with Crippen LogP contribution in [0.3, 0.4) is 0 Å². The van der Waals surface area contributed by atoms with Crippen molar-refractivity contribution in [1.29, 1.82) is 0 Å². The Bertz CT molecular complexity index is 582. The lowest BCUT2D eigenvalue weighted by molar-refractivity contribution is 0.386. The lowest BCUT2D eigenvalue weighted by Crippen LogP contribution is -2.43. The second-order valence-corrected chi connectivity index (χ2v) is 9.70. The van der Waals surface area contributed by atoms with Gasteiger partial charge >= 0.3 is 0 Å². The maximum Gasteiger partial charge on any atom is 0.212 e. The number of hydrogen-bond acceptors (Lipinski definition) is 3. The van der Waals surface area contributed by atoms with E-state index in [9.17, 15) is 8.42 Å². The first-order valence-corrected chi connectivity index (χ1v) is 11.0. The van der Waals surface area contributed by atoms with Gasteiger partial charge in [-0.3, -0.25) is 0 Å². The molecular formula is C17H25NO2S2. The summed E-state index contributed by atoms with van der Waals surface area (Å²) < 4.78 is 27.8. The van der Waals surface area contributed by atoms with Crippen molar-refractivity contribution in [3.05, 3.63) is 35.4 Å². The van der Waals surface area contributed by atoms with Crippen molar-refractivity contribution in [2.75, 3.05) is 17.3 Å². The Morgan fingerprint density at radius 3 is 2.27 bits per heavy atom. The molecule has 2 atom stereocenters. The Morgan fingerprint density at radius 1 is 1.14 bits per heavy atom. The number of rotatable bonds is 6. The topological polar surface area (TPSA) is 46.2 Å². The fraction of sp³-hybridized carbons (Fsp3) is 0.647. The first-order valence-electron chi connectivity index (χ1n) is 8.23. The van der Waals surface area contributed by atoms with Gasteiger partial charge < -0.3 is 0 Å². The number of benzene rings is 1. The number of thioether (sulfide) groups is 1. The Hall–Kier alpha value is -0.520. The minimum absolute atomic E-state index is 0.129. The van der Waals surface area contributed by atoms with Crippen LogP contribution in [0.1, 0.15) is 30.9 Å². The SMILES string of the molecule is CCSCCS(=O)(=O)NC1C2CCC1Cc1ccccc1C2. The molecule has 2 aliphatic rings. The largest absolute Gasteiger partial charge is 0.212 e. The lowest BCUT2D eigenvalue weighted by Gasteiger charge is -2.23. The van der Waals surface area contributed by atoms with E-state index in [0.717, 1.165) is 31.4 Å². The van der Waals surface area contributed by atoms with Gasteiger partial charge in [0.05, 0.1) is 5.75 Å². The summed E-state index contributed by atoms with van der Waals surface area (Å²) in [5, 5.41) is 0. The summed E-state index contributed by atoms with van der Waals surface area (Å²) in [4.78, 5) is 0. The molecule has 2 bridgehead atoms. The number of nitrogens with one attached hydrogen (secondary N) is 1. The predicted molar refractivity (Wildman–Crippen MR) is 93.8 cm³/mol. The van der Waals surface area contributed by atoms with Gasteiger partial charge in [0.15, 0.2) is 0 Å². The van der Waals surface area contributed by atoms with Gasteiger partial charge in [-0.15, -0.1) is 0 Å². The van der Waals surface area contributed by atoms with E-state index in [2.05, 4.69) is 35.9 Å². The number of hydrogen-bond donors (Lipinski definition) is 1. The fourth-order valence-electron chi connectivity index (χ4n) is 3.92. The Morgan fingerprint density at radius 2 is 1.73 bits per heavy atom. The van der Waals surface area contributed by atoms with Crippen molar-refractivity contribution in [3.8, 4) is 0 Å². The molecule has 1 aromatic rings. The van der Waals surface area contributed by atoms with Crippen molar-refractivity contribution in [2.45, 2.75) is 38.6 Å². The lowest BCUT2D eigenvalue weighted by atomic mass is 9.94. The van der Waals surface area contributed by atoms with Gasteiger partial charge in [-0.2, -0.15) is 11.8 Å². The van der Waals surface area contributed by atoms with E-state index in [1.54, 1.807) is 11.8 Å². The zero-order chi connectivity index (χ0) is 15.6. The third-order valence-electron chi connectivity index (χ3n) is 5.02. The number of sulfonamides is 1. The van der Waals surface area contributed by atoms with E-state index in [-0.39, 0.29) is 11.8 Å². The van der Waals surface area contributed by atoms with Gasteiger partial charge in [-0.05, 0) is 54.4 Å². The van der Waals surface area contributed by atoms with E-state index in [0.29, 0.717) is 17.6 Å². The molecular weight excluding hydrogens is 314 g/mol. The monoisotopic (exact) mass is 339 g/mol. The molecule has 0 aliphatic heterocycles. The molecule has 0 aromatic heterocycles. The molecule has 22 heavy (non-hydrogen) atoms. The van der Waals surface area contributed by atoms with Gasteiger partial charge in [0.25, 0.3) is 0 Å². The highest BCUT2D eigenvalue weighted by Crippen LogP contribution is 2.40. The number of fused-ring (bicyclic) bond motifs is 3. The van der Waals surface area contributed by atoms with E-state index in [1.807, 2.05) is 0 Å². The Balaban J connectivity index is 1.71. The third kappa shape index (κ3) is 3.69. The molecule has 5 heteroatoms. The van der Waals surface area contributed by atoms with E-state index in [1.165, 1.54) is 11.1 Å². The van der Waals surface area contributed by atoms with Gasteiger partial charge in [0.1, 0.15) is 0 Å². The molecule has 1 N–H and O–H groups in total. The van der Waals surface area contributed by atoms with Crippen LogP contribution >= 0.6 is 11.8 Å². The van der Waals surface area contributed by atoms with Crippen LogP contribution in [0.4, 0.5) is 0 Å². The highest BCUT2D eigenvalue weighted by molar-refractivity contribution is 8.00. The van der Waals surface area contributed by atoms with Crippen molar-refractivity contribution >= 4 is 21.8 Å². The minimum Gasteiger partial charge on any atom is -0.212 e. The van der Waals surface area contributed by atoms with Crippen LogP contribution in [0.15, 0.2) is 24.3 Å². The molecule has 1 aromatic carbocycles. The minimum atomic E-state index is -3.15. The normalized spacial score (nSPS) is 27.4. The summed E-state index contributed by atoms with van der Waals surface area (Å²) >= 11 is 1.69. The first kappa shape index (κ1) is 16.3. The molecule has 2 unspecified atom stereocenters. The molecule has 1 fully saturated rings. The van der Waals surface area contributed by atoms with Crippen molar-refractivity contribution in [3.63, 3.8) is 0 Å². The molecule has 3 rings (SSSR count). The molecule has 1 saturated carbocycles. The fourth-order valence-corrected chi connectivity index (χ4v) is 6.48. The van der Waals surface area contributed by atoms with Gasteiger partial charge in [-0.25, -0.2) is 13.1 Å². The molecule has 0 heterocycles. The smallest absolute Gasteiger partial charge is 0.212 e. The Kier molecular flexibility index (Phi) is 5.15. The molecule has 0 radical (unpaired) electrons. The van der Waals surface area contributed by atoms with Crippen LogP contribution in [-0.2, 0) is 22.9 Å². The van der Waals surface area contributed by atoms with Gasteiger partial charge in [0.2, 0.25) is 10.0 Å². The summed E-state index contributed by atoms with van der Waals surface area (Å²) in [6.45, 7) is 2.06. The van der Waals surface area contributed by atoms with Crippen molar-refractivity contribution in [2.24, 2.45) is 11.8 Å². The third-order valence-corrected chi connectivity index (χ3v) is 7.56. The van der Waals surface area contributed by atoms with Gasteiger partial charge in [-0.1, -0.05) is 31.2 Å². The molecule has 122 valence electrons. The molecule has 0 spiro atoms. The average Bonchev–Trinajstić information content (AvgIpc) is 2.74. The van der Waals surface area contributed by atoms with E-state index < -0.39 is 10.0 Å². The zero-order valence-electron chi connectivity index (χ0n) is 13.1. The first-order chi connectivity index (χ1) is 10.6. The Labute approximate surface area is 138 Å². The standard InChI is InChI=1S/C17H25NO2S2/c1-2-21-9-10-22(19,20)18-17-15-7-8-16(17)12-14-6-4-3-5-13(14)11-15/h3-6,15-18H,2,7-12H2,1H3. The van der Waals surface area contributed by atoms with Crippen LogP contribution in [0, 0.1) is 11.8 Å². The molecule has 0 saturated heterocycles. The predicted octanol–water partition coefficient (Wildman–Crippen LogP) is 2.85. The maximum absolute atomic E-state index is 12.4. The summed E-state index contributed by atoms with van der Waals surface area (Å²) in [5.41, 5.74) is 2.83. The summed E-state index contributed by atoms with van der Waals surface area (Å²) in [7, 11) is -3.15. The van der Waals surface area contributed by atoms with E-state index >= 15 is 0 Å². The highest BCUT2D eigenvalue weighted by atomic mass is 32.2. The highest BCUT2D eigenvalue weighted by Gasteiger charge is 2.40. The summed E-state index contributed by atoms with van der Waals surface area (Å²) in [6.07, 6.45) is 4.33. The van der Waals surface area contributed by atoms with Crippen LogP contribution < -0.4 is 4.72 Å². The molecule has 0 amide bonds. The van der Waals surface area contributed by atoms with Crippen molar-refractivity contribution in [1.82, 2.24) is 4.72 Å². The zero-order valence-corrected chi connectivity index (χ0v) is 14.8.